The lowest BCUT2D eigenvalue weighted by atomic mass is 10.2. The van der Waals surface area contributed by atoms with E-state index in [1.807, 2.05) is 19.3 Å². The maximum absolute atomic E-state index is 12.1. The third-order valence-electron chi connectivity index (χ3n) is 2.93. The van der Waals surface area contributed by atoms with Crippen molar-refractivity contribution in [3.8, 4) is 0 Å². The summed E-state index contributed by atoms with van der Waals surface area (Å²) in [6.07, 6.45) is 1.83. The number of hydrogen-bond donors (Lipinski definition) is 1. The van der Waals surface area contributed by atoms with Gasteiger partial charge in [-0.3, -0.25) is 4.79 Å². The molecular formula is C14H13N3O2. The van der Waals surface area contributed by atoms with E-state index in [-0.39, 0.29) is 5.91 Å². The van der Waals surface area contributed by atoms with E-state index in [4.69, 9.17) is 4.42 Å². The molecular weight excluding hydrogens is 242 g/mol. The van der Waals surface area contributed by atoms with E-state index >= 15 is 0 Å². The van der Waals surface area contributed by atoms with Gasteiger partial charge in [-0.2, -0.15) is 0 Å². The predicted octanol–water partition coefficient (Wildman–Crippen LogP) is 2.73. The Kier molecular flexibility index (Phi) is 2.59. The Balaban J connectivity index is 1.89. The smallest absolute Gasteiger partial charge is 0.272 e. The van der Waals surface area contributed by atoms with Gasteiger partial charge >= 0.3 is 0 Å². The number of aryl methyl sites for hydroxylation is 2. The highest BCUT2D eigenvalue weighted by Crippen LogP contribution is 2.20. The van der Waals surface area contributed by atoms with Crippen molar-refractivity contribution in [2.45, 2.75) is 6.92 Å². The van der Waals surface area contributed by atoms with Crippen LogP contribution in [0.3, 0.4) is 0 Å². The van der Waals surface area contributed by atoms with E-state index in [1.165, 1.54) is 0 Å². The quantitative estimate of drug-likeness (QED) is 0.766. The van der Waals surface area contributed by atoms with Crippen LogP contribution in [0.1, 0.15) is 16.4 Å². The molecule has 0 bridgehead atoms. The molecule has 0 aliphatic rings. The second-order valence-electron chi connectivity index (χ2n) is 4.37. The summed E-state index contributed by atoms with van der Waals surface area (Å²) >= 11 is 0. The summed E-state index contributed by atoms with van der Waals surface area (Å²) in [4.78, 5) is 16.3. The van der Waals surface area contributed by atoms with Crippen LogP contribution in [0.5, 0.6) is 0 Å². The van der Waals surface area contributed by atoms with E-state index in [0.717, 1.165) is 11.1 Å². The molecule has 0 fully saturated rings. The molecule has 1 aromatic carbocycles. The highest BCUT2D eigenvalue weighted by Gasteiger charge is 2.10. The molecule has 0 spiro atoms. The number of benzene rings is 1. The van der Waals surface area contributed by atoms with E-state index in [9.17, 15) is 4.79 Å². The monoisotopic (exact) mass is 255 g/mol. The molecule has 0 radical (unpaired) electrons. The summed E-state index contributed by atoms with van der Waals surface area (Å²) in [5, 5.41) is 2.85. The number of nitrogens with zero attached hydrogens (tertiary/aromatic N) is 2. The van der Waals surface area contributed by atoms with Crippen LogP contribution in [0.2, 0.25) is 0 Å². The van der Waals surface area contributed by atoms with Crippen molar-refractivity contribution in [3.63, 3.8) is 0 Å². The van der Waals surface area contributed by atoms with Crippen molar-refractivity contribution in [3.05, 3.63) is 48.1 Å². The summed E-state index contributed by atoms with van der Waals surface area (Å²) in [7, 11) is 1.83. The predicted molar refractivity (Wildman–Crippen MR) is 72.1 cm³/mol. The van der Waals surface area contributed by atoms with Crippen LogP contribution in [0.4, 0.5) is 5.69 Å². The van der Waals surface area contributed by atoms with Crippen LogP contribution < -0.4 is 5.32 Å². The van der Waals surface area contributed by atoms with Crippen LogP contribution in [-0.2, 0) is 7.05 Å². The maximum atomic E-state index is 12.1. The highest BCUT2D eigenvalue weighted by atomic mass is 16.3. The molecule has 0 saturated carbocycles. The molecule has 2 heterocycles. The van der Waals surface area contributed by atoms with Gasteiger partial charge in [0.25, 0.3) is 5.91 Å². The summed E-state index contributed by atoms with van der Waals surface area (Å²) in [6, 6.07) is 9.00. The van der Waals surface area contributed by atoms with E-state index in [0.29, 0.717) is 17.3 Å². The number of carbonyl (C=O) groups is 1. The molecule has 2 aromatic heterocycles. The number of rotatable bonds is 2. The van der Waals surface area contributed by atoms with Crippen LogP contribution in [0, 0.1) is 6.92 Å². The molecule has 19 heavy (non-hydrogen) atoms. The van der Waals surface area contributed by atoms with Gasteiger partial charge in [0, 0.05) is 25.9 Å². The summed E-state index contributed by atoms with van der Waals surface area (Å²) in [5.74, 6) is 0.466. The van der Waals surface area contributed by atoms with Gasteiger partial charge in [-0.1, -0.05) is 0 Å². The molecule has 96 valence electrons. The van der Waals surface area contributed by atoms with E-state index < -0.39 is 0 Å². The zero-order chi connectivity index (χ0) is 13.4. The Morgan fingerprint density at radius 1 is 1.37 bits per heavy atom. The number of aromatic nitrogens is 2. The molecule has 0 atom stereocenters. The number of oxazole rings is 1. The number of carbonyl (C=O) groups excluding carboxylic acids is 1. The Morgan fingerprint density at radius 2 is 2.21 bits per heavy atom. The van der Waals surface area contributed by atoms with Gasteiger partial charge in [-0.25, -0.2) is 4.98 Å². The van der Waals surface area contributed by atoms with Crippen molar-refractivity contribution in [2.24, 2.45) is 7.05 Å². The third-order valence-corrected chi connectivity index (χ3v) is 2.93. The number of nitrogens with one attached hydrogen (secondary N) is 1. The topological polar surface area (TPSA) is 60.1 Å². The van der Waals surface area contributed by atoms with Crippen molar-refractivity contribution < 1.29 is 9.21 Å². The van der Waals surface area contributed by atoms with Gasteiger partial charge in [-0.05, 0) is 30.3 Å². The maximum Gasteiger partial charge on any atom is 0.272 e. The lowest BCUT2D eigenvalue weighted by Crippen LogP contribution is -2.15. The minimum Gasteiger partial charge on any atom is -0.441 e. The summed E-state index contributed by atoms with van der Waals surface area (Å²) in [6.45, 7) is 1.79. The first-order chi connectivity index (χ1) is 9.13. The molecule has 5 heteroatoms. The van der Waals surface area contributed by atoms with Gasteiger partial charge in [0.2, 0.25) is 0 Å². The highest BCUT2D eigenvalue weighted by molar-refractivity contribution is 6.03. The zero-order valence-electron chi connectivity index (χ0n) is 10.7. The molecule has 3 aromatic rings. The Hall–Kier alpha value is -2.56. The minimum absolute atomic E-state index is 0.146. The van der Waals surface area contributed by atoms with Crippen molar-refractivity contribution in [1.82, 2.24) is 9.55 Å². The van der Waals surface area contributed by atoms with Crippen LogP contribution in [0.15, 0.2) is 40.9 Å². The molecule has 1 amide bonds. The number of amides is 1. The second kappa shape index (κ2) is 4.28. The van der Waals surface area contributed by atoms with Crippen LogP contribution in [0.25, 0.3) is 11.1 Å². The fraction of sp³-hybridized carbons (Fsp3) is 0.143. The molecule has 3 rings (SSSR count). The first-order valence-corrected chi connectivity index (χ1v) is 5.93. The first-order valence-electron chi connectivity index (χ1n) is 5.93. The largest absolute Gasteiger partial charge is 0.441 e. The average Bonchev–Trinajstić information content (AvgIpc) is 2.93. The molecule has 0 saturated heterocycles. The van der Waals surface area contributed by atoms with Crippen LogP contribution >= 0.6 is 0 Å². The lowest BCUT2D eigenvalue weighted by Gasteiger charge is -2.05. The van der Waals surface area contributed by atoms with Gasteiger partial charge in [-0.15, -0.1) is 0 Å². The lowest BCUT2D eigenvalue weighted by molar-refractivity contribution is 0.101. The van der Waals surface area contributed by atoms with E-state index in [1.54, 1.807) is 35.8 Å². The molecule has 0 aliphatic heterocycles. The molecule has 0 unspecified atom stereocenters. The SMILES string of the molecule is Cc1nc2cc(NC(=O)c3cccn3C)ccc2o1. The van der Waals surface area contributed by atoms with Crippen LogP contribution in [-0.4, -0.2) is 15.5 Å². The Morgan fingerprint density at radius 3 is 2.95 bits per heavy atom. The summed E-state index contributed by atoms with van der Waals surface area (Å²) in [5.41, 5.74) is 2.76. The van der Waals surface area contributed by atoms with Gasteiger partial charge in [0.1, 0.15) is 11.2 Å². The summed E-state index contributed by atoms with van der Waals surface area (Å²) < 4.78 is 7.16. The van der Waals surface area contributed by atoms with Crippen molar-refractivity contribution >= 4 is 22.7 Å². The first kappa shape index (κ1) is 11.5. The Bertz CT molecular complexity index is 755. The second-order valence-corrected chi connectivity index (χ2v) is 4.37. The van der Waals surface area contributed by atoms with Gasteiger partial charge < -0.3 is 14.3 Å². The standard InChI is InChI=1S/C14H13N3O2/c1-9-15-11-8-10(5-6-13(11)19-9)16-14(18)12-4-3-7-17(12)2/h3-8H,1-2H3,(H,16,18). The Labute approximate surface area is 109 Å². The van der Waals surface area contributed by atoms with E-state index in [2.05, 4.69) is 10.3 Å². The average molecular weight is 255 g/mol. The zero-order valence-corrected chi connectivity index (χ0v) is 10.7. The van der Waals surface area contributed by atoms with Crippen molar-refractivity contribution in [2.75, 3.05) is 5.32 Å². The third kappa shape index (κ3) is 2.10. The number of hydrogen-bond acceptors (Lipinski definition) is 3. The fourth-order valence-corrected chi connectivity index (χ4v) is 2.01. The van der Waals surface area contributed by atoms with Gasteiger partial charge in [0.05, 0.1) is 0 Å². The number of anilines is 1. The molecule has 5 nitrogen and oxygen atoms in total. The molecule has 1 N–H and O–H groups in total. The molecule has 0 aliphatic carbocycles. The minimum atomic E-state index is -0.146. The van der Waals surface area contributed by atoms with Gasteiger partial charge in [0.15, 0.2) is 11.5 Å². The normalized spacial score (nSPS) is 10.8. The number of fused-ring (bicyclic) bond motifs is 1. The fourth-order valence-electron chi connectivity index (χ4n) is 2.01. The van der Waals surface area contributed by atoms with Crippen molar-refractivity contribution in [1.29, 1.82) is 0 Å².